The van der Waals surface area contributed by atoms with Crippen molar-refractivity contribution in [1.29, 1.82) is 0 Å². The van der Waals surface area contributed by atoms with Gasteiger partial charge >= 0.3 is 0 Å². The van der Waals surface area contributed by atoms with Gasteiger partial charge in [0.05, 0.1) is 13.2 Å². The van der Waals surface area contributed by atoms with Gasteiger partial charge in [-0.3, -0.25) is 0 Å². The number of aromatic nitrogens is 1. The zero-order valence-corrected chi connectivity index (χ0v) is 11.7. The Morgan fingerprint density at radius 1 is 1.24 bits per heavy atom. The number of unbranched alkanes of at least 4 members (excludes halogenated alkanes) is 1. The van der Waals surface area contributed by atoms with Crippen LogP contribution in [-0.4, -0.2) is 38.5 Å². The third-order valence-corrected chi connectivity index (χ3v) is 2.65. The lowest BCUT2D eigenvalue weighted by molar-refractivity contribution is 0.0691. The number of anilines is 1. The van der Waals surface area contributed by atoms with E-state index in [0.717, 1.165) is 36.3 Å². The van der Waals surface area contributed by atoms with Crippen molar-refractivity contribution in [3.8, 4) is 0 Å². The lowest BCUT2D eigenvalue weighted by Crippen LogP contribution is -2.06. The molecule has 0 aliphatic heterocycles. The zero-order chi connectivity index (χ0) is 12.3. The van der Waals surface area contributed by atoms with E-state index in [-0.39, 0.29) is 0 Å². The molecule has 1 rings (SSSR count). The van der Waals surface area contributed by atoms with Gasteiger partial charge in [0.15, 0.2) is 0 Å². The monoisotopic (exact) mass is 302 g/mol. The van der Waals surface area contributed by atoms with E-state index in [4.69, 9.17) is 9.47 Å². The highest BCUT2D eigenvalue weighted by Gasteiger charge is 1.94. The molecule has 0 saturated heterocycles. The molecule has 1 aromatic rings. The first-order chi connectivity index (χ1) is 8.33. The number of ether oxygens (including phenoxy) is 2. The number of halogens is 1. The van der Waals surface area contributed by atoms with Crippen LogP contribution in [0.5, 0.6) is 0 Å². The van der Waals surface area contributed by atoms with Crippen molar-refractivity contribution in [2.75, 3.05) is 38.8 Å². The molecular formula is C12H19BrN2O2. The normalized spacial score (nSPS) is 10.5. The van der Waals surface area contributed by atoms with Crippen molar-refractivity contribution in [3.63, 3.8) is 0 Å². The molecule has 4 nitrogen and oxygen atoms in total. The molecule has 0 fully saturated rings. The van der Waals surface area contributed by atoms with Gasteiger partial charge in [0, 0.05) is 30.9 Å². The fourth-order valence-electron chi connectivity index (χ4n) is 1.27. The summed E-state index contributed by atoms with van der Waals surface area (Å²) in [4.78, 5) is 4.23. The van der Waals surface area contributed by atoms with E-state index < -0.39 is 0 Å². The third-order valence-electron chi connectivity index (χ3n) is 2.18. The Kier molecular flexibility index (Phi) is 7.96. The van der Waals surface area contributed by atoms with E-state index in [1.807, 2.05) is 12.1 Å². The lowest BCUT2D eigenvalue weighted by atomic mass is 10.3. The Morgan fingerprint density at radius 3 is 2.82 bits per heavy atom. The molecule has 0 radical (unpaired) electrons. The number of pyridine rings is 1. The maximum atomic E-state index is 5.37. The van der Waals surface area contributed by atoms with Crippen molar-refractivity contribution >= 4 is 21.7 Å². The lowest BCUT2D eigenvalue weighted by Gasteiger charge is -2.06. The molecule has 5 heteroatoms. The van der Waals surface area contributed by atoms with Crippen molar-refractivity contribution in [3.05, 3.63) is 22.8 Å². The highest BCUT2D eigenvalue weighted by molar-refractivity contribution is 9.10. The minimum absolute atomic E-state index is 0.668. The number of hydrogen-bond donors (Lipinski definition) is 1. The van der Waals surface area contributed by atoms with Crippen molar-refractivity contribution < 1.29 is 9.47 Å². The largest absolute Gasteiger partial charge is 0.382 e. The molecule has 1 aromatic heterocycles. The van der Waals surface area contributed by atoms with E-state index in [9.17, 15) is 0 Å². The first-order valence-electron chi connectivity index (χ1n) is 5.75. The minimum Gasteiger partial charge on any atom is -0.382 e. The van der Waals surface area contributed by atoms with Gasteiger partial charge < -0.3 is 14.8 Å². The summed E-state index contributed by atoms with van der Waals surface area (Å²) in [6.07, 6.45) is 3.91. The van der Waals surface area contributed by atoms with Crippen LogP contribution in [-0.2, 0) is 9.47 Å². The van der Waals surface area contributed by atoms with Crippen molar-refractivity contribution in [2.24, 2.45) is 0 Å². The van der Waals surface area contributed by atoms with Gasteiger partial charge in [-0.1, -0.05) is 0 Å². The van der Waals surface area contributed by atoms with Gasteiger partial charge in [0.1, 0.15) is 5.82 Å². The second kappa shape index (κ2) is 9.39. The fourth-order valence-corrected chi connectivity index (χ4v) is 1.50. The van der Waals surface area contributed by atoms with Gasteiger partial charge in [0.25, 0.3) is 0 Å². The average molecular weight is 303 g/mol. The maximum Gasteiger partial charge on any atom is 0.125 e. The van der Waals surface area contributed by atoms with Gasteiger partial charge in [-0.25, -0.2) is 4.98 Å². The van der Waals surface area contributed by atoms with E-state index in [0.29, 0.717) is 13.2 Å². The molecule has 0 atom stereocenters. The maximum absolute atomic E-state index is 5.37. The summed E-state index contributed by atoms with van der Waals surface area (Å²) in [5, 5.41) is 3.26. The summed E-state index contributed by atoms with van der Waals surface area (Å²) in [6, 6.07) is 3.93. The topological polar surface area (TPSA) is 43.4 Å². The third kappa shape index (κ3) is 7.31. The Morgan fingerprint density at radius 2 is 2.12 bits per heavy atom. The molecule has 0 spiro atoms. The summed E-state index contributed by atoms with van der Waals surface area (Å²) in [7, 11) is 1.68. The van der Waals surface area contributed by atoms with Gasteiger partial charge in [-0.15, -0.1) is 0 Å². The molecule has 0 amide bonds. The average Bonchev–Trinajstić information content (AvgIpc) is 2.35. The summed E-state index contributed by atoms with van der Waals surface area (Å²) in [6.45, 7) is 3.06. The minimum atomic E-state index is 0.668. The standard InChI is InChI=1S/C12H19BrN2O2/c1-16-8-9-17-7-3-2-6-14-12-5-4-11(13)10-15-12/h4-5,10H,2-3,6-9H2,1H3,(H,14,15). The molecule has 0 bridgehead atoms. The van der Waals surface area contributed by atoms with Gasteiger partial charge in [0.2, 0.25) is 0 Å². The molecule has 0 unspecified atom stereocenters. The molecule has 0 aliphatic rings. The number of rotatable bonds is 9. The van der Waals surface area contributed by atoms with Crippen LogP contribution < -0.4 is 5.32 Å². The molecule has 0 aliphatic carbocycles. The van der Waals surface area contributed by atoms with Crippen molar-refractivity contribution in [1.82, 2.24) is 4.98 Å². The smallest absolute Gasteiger partial charge is 0.125 e. The molecule has 1 heterocycles. The summed E-state index contributed by atoms with van der Waals surface area (Å²) in [5.41, 5.74) is 0. The van der Waals surface area contributed by atoms with E-state index >= 15 is 0 Å². The van der Waals surface area contributed by atoms with E-state index in [1.165, 1.54) is 0 Å². The Labute approximate surface area is 111 Å². The molecule has 0 aromatic carbocycles. The van der Waals surface area contributed by atoms with E-state index in [1.54, 1.807) is 13.3 Å². The molecule has 96 valence electrons. The predicted octanol–water partition coefficient (Wildman–Crippen LogP) is 2.70. The second-order valence-corrected chi connectivity index (χ2v) is 4.52. The quantitative estimate of drug-likeness (QED) is 0.712. The van der Waals surface area contributed by atoms with E-state index in [2.05, 4.69) is 26.2 Å². The van der Waals surface area contributed by atoms with Gasteiger partial charge in [-0.2, -0.15) is 0 Å². The van der Waals surface area contributed by atoms with Crippen LogP contribution in [0.3, 0.4) is 0 Å². The molecule has 17 heavy (non-hydrogen) atoms. The number of hydrogen-bond acceptors (Lipinski definition) is 4. The highest BCUT2D eigenvalue weighted by Crippen LogP contribution is 2.10. The predicted molar refractivity (Wildman–Crippen MR) is 72.4 cm³/mol. The Hall–Kier alpha value is -0.650. The molecule has 1 N–H and O–H groups in total. The van der Waals surface area contributed by atoms with Crippen LogP contribution in [0.25, 0.3) is 0 Å². The SMILES string of the molecule is COCCOCCCCNc1ccc(Br)cn1. The first-order valence-corrected chi connectivity index (χ1v) is 6.54. The van der Waals surface area contributed by atoms with Crippen LogP contribution in [0.15, 0.2) is 22.8 Å². The van der Waals surface area contributed by atoms with Crippen LogP contribution >= 0.6 is 15.9 Å². The number of methoxy groups -OCH3 is 1. The summed E-state index contributed by atoms with van der Waals surface area (Å²) in [5.74, 6) is 0.911. The Balaban J connectivity index is 1.95. The zero-order valence-electron chi connectivity index (χ0n) is 10.1. The summed E-state index contributed by atoms with van der Waals surface area (Å²) >= 11 is 3.35. The van der Waals surface area contributed by atoms with Crippen LogP contribution in [0.2, 0.25) is 0 Å². The molecular weight excluding hydrogens is 284 g/mol. The summed E-state index contributed by atoms with van der Waals surface area (Å²) < 4.78 is 11.3. The highest BCUT2D eigenvalue weighted by atomic mass is 79.9. The fraction of sp³-hybridized carbons (Fsp3) is 0.583. The van der Waals surface area contributed by atoms with Crippen molar-refractivity contribution in [2.45, 2.75) is 12.8 Å². The second-order valence-electron chi connectivity index (χ2n) is 3.60. The number of nitrogens with one attached hydrogen (secondary N) is 1. The number of nitrogens with zero attached hydrogens (tertiary/aromatic N) is 1. The molecule has 0 saturated carbocycles. The van der Waals surface area contributed by atoms with Crippen LogP contribution in [0, 0.1) is 0 Å². The van der Waals surface area contributed by atoms with Gasteiger partial charge in [-0.05, 0) is 40.9 Å². The Bertz CT molecular complexity index is 293. The van der Waals surface area contributed by atoms with Crippen LogP contribution in [0.4, 0.5) is 5.82 Å². The van der Waals surface area contributed by atoms with Crippen LogP contribution in [0.1, 0.15) is 12.8 Å². The first kappa shape index (κ1) is 14.4.